The third kappa shape index (κ3) is 3.34. The normalized spacial score (nSPS) is 10.2. The first-order valence-corrected chi connectivity index (χ1v) is 6.33. The monoisotopic (exact) mass is 283 g/mol. The van der Waals surface area contributed by atoms with E-state index in [-0.39, 0.29) is 17.4 Å². The number of hydrogen-bond acceptors (Lipinski definition) is 5. The predicted octanol–water partition coefficient (Wildman–Crippen LogP) is 3.32. The van der Waals surface area contributed by atoms with Crippen LogP contribution in [0.4, 0.5) is 5.69 Å². The van der Waals surface area contributed by atoms with Gasteiger partial charge in [-0.05, 0) is 26.0 Å². The number of non-ortho nitro benzene ring substituents is 1. The van der Waals surface area contributed by atoms with E-state index in [0.717, 1.165) is 0 Å². The molecule has 6 nitrogen and oxygen atoms in total. The summed E-state index contributed by atoms with van der Waals surface area (Å²) >= 11 is 0. The van der Waals surface area contributed by atoms with Crippen LogP contribution in [0.5, 0.6) is 5.88 Å². The first kappa shape index (κ1) is 14.5. The third-order valence-corrected chi connectivity index (χ3v) is 2.74. The van der Waals surface area contributed by atoms with Crippen molar-refractivity contribution >= 4 is 5.69 Å². The molecular formula is C15H13N3O3. The summed E-state index contributed by atoms with van der Waals surface area (Å²) in [4.78, 5) is 14.4. The summed E-state index contributed by atoms with van der Waals surface area (Å²) in [7, 11) is 0. The zero-order chi connectivity index (χ0) is 15.4. The number of nitro groups is 1. The van der Waals surface area contributed by atoms with Gasteiger partial charge in [0.25, 0.3) is 5.69 Å². The van der Waals surface area contributed by atoms with Gasteiger partial charge in [0.05, 0.1) is 16.6 Å². The Bertz CT molecular complexity index is 703. The number of nitriles is 1. The number of aromatic nitrogens is 1. The van der Waals surface area contributed by atoms with Gasteiger partial charge in [-0.2, -0.15) is 5.26 Å². The van der Waals surface area contributed by atoms with E-state index in [1.807, 2.05) is 19.9 Å². The van der Waals surface area contributed by atoms with Crippen molar-refractivity contribution < 1.29 is 9.66 Å². The lowest BCUT2D eigenvalue weighted by atomic mass is 10.0. The Balaban J connectivity index is 2.38. The summed E-state index contributed by atoms with van der Waals surface area (Å²) in [6, 6.07) is 9.63. The maximum absolute atomic E-state index is 10.7. The van der Waals surface area contributed by atoms with Gasteiger partial charge in [-0.1, -0.05) is 0 Å². The van der Waals surface area contributed by atoms with Crippen LogP contribution in [0.2, 0.25) is 0 Å². The molecule has 0 aliphatic rings. The Labute approximate surface area is 121 Å². The molecule has 0 unspecified atom stereocenters. The van der Waals surface area contributed by atoms with Gasteiger partial charge < -0.3 is 4.74 Å². The highest BCUT2D eigenvalue weighted by Gasteiger charge is 2.12. The minimum atomic E-state index is -0.525. The van der Waals surface area contributed by atoms with Crippen molar-refractivity contribution in [3.63, 3.8) is 0 Å². The molecule has 106 valence electrons. The number of nitrogens with zero attached hydrogens (tertiary/aromatic N) is 3. The highest BCUT2D eigenvalue weighted by molar-refractivity contribution is 5.71. The molecule has 0 aliphatic carbocycles. The second-order valence-electron chi connectivity index (χ2n) is 4.65. The summed E-state index contributed by atoms with van der Waals surface area (Å²) < 4.78 is 5.45. The molecule has 2 rings (SSSR count). The molecule has 0 N–H and O–H groups in total. The Hall–Kier alpha value is -2.94. The molecule has 0 amide bonds. The Morgan fingerprint density at radius 1 is 1.33 bits per heavy atom. The largest absolute Gasteiger partial charge is 0.475 e. The van der Waals surface area contributed by atoms with Gasteiger partial charge in [0, 0.05) is 35.5 Å². The number of ether oxygens (including phenoxy) is 1. The maximum Gasteiger partial charge on any atom is 0.270 e. The van der Waals surface area contributed by atoms with E-state index < -0.39 is 4.92 Å². The average Bonchev–Trinajstić information content (AvgIpc) is 2.46. The second kappa shape index (κ2) is 6.01. The van der Waals surface area contributed by atoms with Crippen molar-refractivity contribution in [2.45, 2.75) is 20.0 Å². The fraction of sp³-hybridized carbons (Fsp3) is 0.200. The summed E-state index contributed by atoms with van der Waals surface area (Å²) in [5.41, 5.74) is 1.44. The molecular weight excluding hydrogens is 270 g/mol. The fourth-order valence-electron chi connectivity index (χ4n) is 1.84. The van der Waals surface area contributed by atoms with Crippen LogP contribution in [0.15, 0.2) is 36.5 Å². The van der Waals surface area contributed by atoms with Crippen molar-refractivity contribution in [1.29, 1.82) is 5.26 Å². The number of nitro benzene ring substituents is 1. The summed E-state index contributed by atoms with van der Waals surface area (Å²) in [6.07, 6.45) is 1.61. The second-order valence-corrected chi connectivity index (χ2v) is 4.65. The molecule has 0 aliphatic heterocycles. The Morgan fingerprint density at radius 2 is 2.10 bits per heavy atom. The predicted molar refractivity (Wildman–Crippen MR) is 76.8 cm³/mol. The summed E-state index contributed by atoms with van der Waals surface area (Å²) in [5, 5.41) is 19.9. The topological polar surface area (TPSA) is 89.0 Å². The first-order valence-electron chi connectivity index (χ1n) is 6.33. The standard InChI is InChI=1S/C15H13N3O3/c1-10(2)21-15-6-3-11(9-17-15)14-5-4-13(18(19)20)7-12(14)8-16/h3-7,9-10H,1-2H3. The van der Waals surface area contributed by atoms with Crippen LogP contribution in [0.3, 0.4) is 0 Å². The molecule has 0 atom stereocenters. The molecule has 6 heteroatoms. The van der Waals surface area contributed by atoms with Gasteiger partial charge in [0.1, 0.15) is 6.07 Å². The highest BCUT2D eigenvalue weighted by Crippen LogP contribution is 2.27. The lowest BCUT2D eigenvalue weighted by Gasteiger charge is -2.09. The first-order chi connectivity index (χ1) is 10.0. The van der Waals surface area contributed by atoms with E-state index in [1.54, 1.807) is 24.4 Å². The number of benzene rings is 1. The minimum absolute atomic E-state index is 0.0254. The molecule has 0 radical (unpaired) electrons. The smallest absolute Gasteiger partial charge is 0.270 e. The summed E-state index contributed by atoms with van der Waals surface area (Å²) in [5.74, 6) is 0.495. The van der Waals surface area contributed by atoms with Gasteiger partial charge in [-0.3, -0.25) is 10.1 Å². The van der Waals surface area contributed by atoms with Crippen molar-refractivity contribution in [3.05, 3.63) is 52.2 Å². The van der Waals surface area contributed by atoms with Gasteiger partial charge in [0.2, 0.25) is 5.88 Å². The van der Waals surface area contributed by atoms with E-state index in [4.69, 9.17) is 10.00 Å². The van der Waals surface area contributed by atoms with Crippen molar-refractivity contribution in [1.82, 2.24) is 4.98 Å². The Kier molecular flexibility index (Phi) is 4.14. The van der Waals surface area contributed by atoms with E-state index in [1.165, 1.54) is 12.1 Å². The van der Waals surface area contributed by atoms with Crippen LogP contribution >= 0.6 is 0 Å². The van der Waals surface area contributed by atoms with E-state index in [2.05, 4.69) is 4.98 Å². The van der Waals surface area contributed by atoms with E-state index in [0.29, 0.717) is 17.0 Å². The van der Waals surface area contributed by atoms with Gasteiger partial charge >= 0.3 is 0 Å². The molecule has 0 saturated heterocycles. The number of rotatable bonds is 4. The highest BCUT2D eigenvalue weighted by atomic mass is 16.6. The molecule has 1 aromatic carbocycles. The molecule has 21 heavy (non-hydrogen) atoms. The molecule has 0 fully saturated rings. The molecule has 0 saturated carbocycles. The molecule has 0 spiro atoms. The van der Waals surface area contributed by atoms with Crippen LogP contribution in [0, 0.1) is 21.4 Å². The zero-order valence-corrected chi connectivity index (χ0v) is 11.6. The van der Waals surface area contributed by atoms with Crippen LogP contribution in [-0.2, 0) is 0 Å². The number of pyridine rings is 1. The average molecular weight is 283 g/mol. The lowest BCUT2D eigenvalue weighted by Crippen LogP contribution is -2.06. The minimum Gasteiger partial charge on any atom is -0.475 e. The SMILES string of the molecule is CC(C)Oc1ccc(-c2ccc([N+](=O)[O-])cc2C#N)cn1. The molecule has 0 bridgehead atoms. The Morgan fingerprint density at radius 3 is 2.62 bits per heavy atom. The summed E-state index contributed by atoms with van der Waals surface area (Å²) in [6.45, 7) is 3.80. The lowest BCUT2D eigenvalue weighted by molar-refractivity contribution is -0.384. The fourth-order valence-corrected chi connectivity index (χ4v) is 1.84. The number of hydrogen-bond donors (Lipinski definition) is 0. The molecule has 1 aromatic heterocycles. The van der Waals surface area contributed by atoms with E-state index in [9.17, 15) is 10.1 Å². The van der Waals surface area contributed by atoms with Crippen LogP contribution in [0.25, 0.3) is 11.1 Å². The van der Waals surface area contributed by atoms with Crippen LogP contribution in [-0.4, -0.2) is 16.0 Å². The van der Waals surface area contributed by atoms with Crippen LogP contribution in [0.1, 0.15) is 19.4 Å². The molecule has 2 aromatic rings. The molecule has 1 heterocycles. The van der Waals surface area contributed by atoms with Gasteiger partial charge in [0.15, 0.2) is 0 Å². The van der Waals surface area contributed by atoms with Gasteiger partial charge in [-0.25, -0.2) is 4.98 Å². The maximum atomic E-state index is 10.7. The zero-order valence-electron chi connectivity index (χ0n) is 11.6. The van der Waals surface area contributed by atoms with Gasteiger partial charge in [-0.15, -0.1) is 0 Å². The third-order valence-electron chi connectivity index (χ3n) is 2.74. The van der Waals surface area contributed by atoms with Crippen LogP contribution < -0.4 is 4.74 Å². The van der Waals surface area contributed by atoms with Crippen molar-refractivity contribution in [3.8, 4) is 23.1 Å². The van der Waals surface area contributed by atoms with Crippen molar-refractivity contribution in [2.24, 2.45) is 0 Å². The van der Waals surface area contributed by atoms with E-state index >= 15 is 0 Å². The van der Waals surface area contributed by atoms with Crippen molar-refractivity contribution in [2.75, 3.05) is 0 Å². The quantitative estimate of drug-likeness (QED) is 0.634.